The topological polar surface area (TPSA) is 77.2 Å². The van der Waals surface area contributed by atoms with Crippen molar-refractivity contribution in [1.29, 1.82) is 0 Å². The number of aromatic nitrogens is 1. The van der Waals surface area contributed by atoms with Crippen molar-refractivity contribution >= 4 is 17.5 Å². The molecule has 0 spiro atoms. The number of ether oxygens (including phenoxy) is 1. The van der Waals surface area contributed by atoms with E-state index >= 15 is 0 Å². The highest BCUT2D eigenvalue weighted by molar-refractivity contribution is 5.95. The maximum absolute atomic E-state index is 11.4. The first kappa shape index (κ1) is 13.3. The number of nitrogens with one attached hydrogen (secondary N) is 1. The minimum absolute atomic E-state index is 0.307. The van der Waals surface area contributed by atoms with E-state index < -0.39 is 5.97 Å². The molecule has 0 bridgehead atoms. The summed E-state index contributed by atoms with van der Waals surface area (Å²) in [6.07, 6.45) is 3.60. The predicted octanol–water partition coefficient (Wildman–Crippen LogP) is 2.05. The Kier molecular flexibility index (Phi) is 4.75. The number of nitrogens with two attached hydrogens (primary N) is 1. The summed E-state index contributed by atoms with van der Waals surface area (Å²) in [5.41, 5.74) is 6.33. The van der Waals surface area contributed by atoms with Crippen LogP contribution in [0.5, 0.6) is 0 Å². The molecule has 3 N–H and O–H groups in total. The number of anilines is 2. The second kappa shape index (κ2) is 6.08. The zero-order valence-electron chi connectivity index (χ0n) is 10.5. The molecule has 0 fully saturated rings. The Morgan fingerprint density at radius 1 is 1.65 bits per heavy atom. The van der Waals surface area contributed by atoms with E-state index in [-0.39, 0.29) is 0 Å². The number of pyridine rings is 1. The molecule has 94 valence electrons. The summed E-state index contributed by atoms with van der Waals surface area (Å²) in [6, 6.07) is 1.93. The zero-order chi connectivity index (χ0) is 12.8. The highest BCUT2D eigenvalue weighted by atomic mass is 16.5. The minimum atomic E-state index is -0.448. The van der Waals surface area contributed by atoms with Crippen molar-refractivity contribution in [2.45, 2.75) is 32.7 Å². The van der Waals surface area contributed by atoms with E-state index in [0.717, 1.165) is 12.8 Å². The molecule has 0 aliphatic carbocycles. The third-order valence-corrected chi connectivity index (χ3v) is 2.46. The van der Waals surface area contributed by atoms with Gasteiger partial charge in [-0.05, 0) is 19.4 Å². The third-order valence-electron chi connectivity index (χ3n) is 2.46. The van der Waals surface area contributed by atoms with Gasteiger partial charge in [0.05, 0.1) is 24.6 Å². The second-order valence-electron chi connectivity index (χ2n) is 3.98. The van der Waals surface area contributed by atoms with Crippen LogP contribution in [0.1, 0.15) is 37.0 Å². The summed E-state index contributed by atoms with van der Waals surface area (Å²) < 4.78 is 4.65. The van der Waals surface area contributed by atoms with Gasteiger partial charge in [-0.2, -0.15) is 0 Å². The first-order valence-corrected chi connectivity index (χ1v) is 5.68. The fourth-order valence-corrected chi connectivity index (χ4v) is 1.59. The summed E-state index contributed by atoms with van der Waals surface area (Å²) in [7, 11) is 1.33. The van der Waals surface area contributed by atoms with E-state index in [2.05, 4.69) is 28.9 Å². The standard InChI is InChI=1S/C12H19N3O2/c1-4-5-8(2)15-11-6-9(12(16)17-3)10(13)7-14-11/h6-8H,4-5,13H2,1-3H3,(H,14,15). The Hall–Kier alpha value is -1.78. The van der Waals surface area contributed by atoms with Gasteiger partial charge in [-0.3, -0.25) is 0 Å². The van der Waals surface area contributed by atoms with Crippen molar-refractivity contribution in [3.05, 3.63) is 17.8 Å². The molecule has 0 aromatic carbocycles. The summed E-state index contributed by atoms with van der Waals surface area (Å²) in [4.78, 5) is 15.6. The maximum atomic E-state index is 11.4. The van der Waals surface area contributed by atoms with E-state index in [1.807, 2.05) is 0 Å². The monoisotopic (exact) mass is 237 g/mol. The fourth-order valence-electron chi connectivity index (χ4n) is 1.59. The number of nitrogen functional groups attached to an aromatic ring is 1. The van der Waals surface area contributed by atoms with Crippen LogP contribution < -0.4 is 11.1 Å². The number of hydrogen-bond donors (Lipinski definition) is 2. The highest BCUT2D eigenvalue weighted by Crippen LogP contribution is 2.17. The number of carbonyl (C=O) groups is 1. The van der Waals surface area contributed by atoms with Gasteiger partial charge < -0.3 is 15.8 Å². The van der Waals surface area contributed by atoms with Crippen LogP contribution in [0.2, 0.25) is 0 Å². The van der Waals surface area contributed by atoms with Crippen molar-refractivity contribution in [2.24, 2.45) is 0 Å². The minimum Gasteiger partial charge on any atom is -0.465 e. The van der Waals surface area contributed by atoms with Gasteiger partial charge in [0, 0.05) is 6.04 Å². The van der Waals surface area contributed by atoms with Crippen molar-refractivity contribution in [3.8, 4) is 0 Å². The highest BCUT2D eigenvalue weighted by Gasteiger charge is 2.12. The first-order chi connectivity index (χ1) is 8.08. The van der Waals surface area contributed by atoms with Crippen LogP contribution in [0, 0.1) is 0 Å². The van der Waals surface area contributed by atoms with Gasteiger partial charge in [0.2, 0.25) is 0 Å². The number of methoxy groups -OCH3 is 1. The van der Waals surface area contributed by atoms with Crippen LogP contribution >= 0.6 is 0 Å². The molecule has 5 nitrogen and oxygen atoms in total. The van der Waals surface area contributed by atoms with E-state index in [9.17, 15) is 4.79 Å². The molecule has 1 atom stereocenters. The molecule has 0 amide bonds. The average molecular weight is 237 g/mol. The van der Waals surface area contributed by atoms with Crippen LogP contribution in [0.3, 0.4) is 0 Å². The Morgan fingerprint density at radius 2 is 2.35 bits per heavy atom. The van der Waals surface area contributed by atoms with Crippen LogP contribution in [-0.4, -0.2) is 24.1 Å². The largest absolute Gasteiger partial charge is 0.465 e. The number of carbonyl (C=O) groups excluding carboxylic acids is 1. The molecule has 17 heavy (non-hydrogen) atoms. The van der Waals surface area contributed by atoms with Gasteiger partial charge >= 0.3 is 5.97 Å². The van der Waals surface area contributed by atoms with Crippen molar-refractivity contribution in [3.63, 3.8) is 0 Å². The molecule has 1 aromatic heterocycles. The Labute approximate surface area is 101 Å². The molecule has 0 saturated heterocycles. The van der Waals surface area contributed by atoms with Gasteiger partial charge in [-0.1, -0.05) is 13.3 Å². The lowest BCUT2D eigenvalue weighted by atomic mass is 10.2. The quantitative estimate of drug-likeness (QED) is 0.766. The van der Waals surface area contributed by atoms with Gasteiger partial charge in [-0.25, -0.2) is 9.78 Å². The summed E-state index contributed by atoms with van der Waals surface area (Å²) in [6.45, 7) is 4.19. The van der Waals surface area contributed by atoms with E-state index in [1.165, 1.54) is 13.3 Å². The van der Waals surface area contributed by atoms with Crippen LogP contribution in [-0.2, 0) is 4.74 Å². The Balaban J connectivity index is 2.85. The predicted molar refractivity (Wildman–Crippen MR) is 68.0 cm³/mol. The molecule has 1 rings (SSSR count). The second-order valence-corrected chi connectivity index (χ2v) is 3.98. The SMILES string of the molecule is CCCC(C)Nc1cc(C(=O)OC)c(N)cn1. The lowest BCUT2D eigenvalue weighted by molar-refractivity contribution is 0.0602. The number of nitrogens with zero attached hydrogens (tertiary/aromatic N) is 1. The molecular formula is C12H19N3O2. The van der Waals surface area contributed by atoms with E-state index in [4.69, 9.17) is 5.73 Å². The zero-order valence-corrected chi connectivity index (χ0v) is 10.5. The molecule has 1 aromatic rings. The molecule has 0 saturated carbocycles. The molecule has 1 unspecified atom stereocenters. The normalized spacial score (nSPS) is 11.9. The molecule has 1 heterocycles. The molecule has 0 radical (unpaired) electrons. The lowest BCUT2D eigenvalue weighted by Crippen LogP contribution is -2.16. The van der Waals surface area contributed by atoms with Gasteiger partial charge in [0.25, 0.3) is 0 Å². The number of esters is 1. The Morgan fingerprint density at radius 3 is 2.94 bits per heavy atom. The van der Waals surface area contributed by atoms with Crippen molar-refractivity contribution in [1.82, 2.24) is 4.98 Å². The van der Waals surface area contributed by atoms with Gasteiger partial charge in [0.1, 0.15) is 5.82 Å². The molecule has 0 aliphatic rings. The third kappa shape index (κ3) is 3.62. The molecular weight excluding hydrogens is 218 g/mol. The van der Waals surface area contributed by atoms with Gasteiger partial charge in [0.15, 0.2) is 0 Å². The van der Waals surface area contributed by atoms with Gasteiger partial charge in [-0.15, -0.1) is 0 Å². The smallest absolute Gasteiger partial charge is 0.340 e. The van der Waals surface area contributed by atoms with E-state index in [1.54, 1.807) is 6.07 Å². The lowest BCUT2D eigenvalue weighted by Gasteiger charge is -2.14. The first-order valence-electron chi connectivity index (χ1n) is 5.68. The molecule has 0 aliphatic heterocycles. The summed E-state index contributed by atoms with van der Waals surface area (Å²) in [5, 5.41) is 3.21. The summed E-state index contributed by atoms with van der Waals surface area (Å²) in [5.74, 6) is 0.191. The van der Waals surface area contributed by atoms with Crippen LogP contribution in [0.4, 0.5) is 11.5 Å². The van der Waals surface area contributed by atoms with E-state index in [0.29, 0.717) is 23.1 Å². The summed E-state index contributed by atoms with van der Waals surface area (Å²) >= 11 is 0. The molecule has 5 heteroatoms. The van der Waals surface area contributed by atoms with Crippen LogP contribution in [0.25, 0.3) is 0 Å². The van der Waals surface area contributed by atoms with Crippen molar-refractivity contribution < 1.29 is 9.53 Å². The number of rotatable bonds is 5. The maximum Gasteiger partial charge on any atom is 0.340 e. The average Bonchev–Trinajstić information content (AvgIpc) is 2.31. The Bertz CT molecular complexity index is 393. The van der Waals surface area contributed by atoms with Crippen LogP contribution in [0.15, 0.2) is 12.3 Å². The number of hydrogen-bond acceptors (Lipinski definition) is 5. The fraction of sp³-hybridized carbons (Fsp3) is 0.500. The van der Waals surface area contributed by atoms with Crippen molar-refractivity contribution in [2.75, 3.05) is 18.2 Å².